The Morgan fingerprint density at radius 1 is 0.458 bits per heavy atom. The lowest BCUT2D eigenvalue weighted by Crippen LogP contribution is -2.11. The van der Waals surface area contributed by atoms with E-state index in [1.54, 1.807) is 12.1 Å². The third kappa shape index (κ3) is 4.38. The minimum Gasteiger partial charge on any atom is -0.313 e. The molecule has 0 spiro atoms. The summed E-state index contributed by atoms with van der Waals surface area (Å²) in [7, 11) is 0. The number of fused-ring (bicyclic) bond motifs is 6. The van der Waals surface area contributed by atoms with E-state index in [2.05, 4.69) is 81.9 Å². The summed E-state index contributed by atoms with van der Waals surface area (Å²) in [5.41, 5.74) is 9.82. The summed E-state index contributed by atoms with van der Waals surface area (Å²) in [5.74, 6) is -0.349. The maximum atomic E-state index is 13.9. The maximum absolute atomic E-state index is 13.9. The van der Waals surface area contributed by atoms with Crippen LogP contribution in [0, 0.1) is 0 Å². The normalized spacial score (nSPS) is 12.5. The molecule has 4 heteroatoms. The number of carbonyl (C=O) groups is 2. The van der Waals surface area contributed by atoms with Crippen molar-refractivity contribution >= 4 is 50.4 Å². The van der Waals surface area contributed by atoms with Crippen LogP contribution in [0.2, 0.25) is 0 Å². The number of aromatic nitrogens is 2. The van der Waals surface area contributed by atoms with Gasteiger partial charge in [-0.1, -0.05) is 91.0 Å². The van der Waals surface area contributed by atoms with Gasteiger partial charge in [-0.25, -0.2) is 0 Å². The molecule has 0 N–H and O–H groups in total. The zero-order chi connectivity index (χ0) is 32.2. The first-order chi connectivity index (χ1) is 23.7. The Labute approximate surface area is 277 Å². The quantitative estimate of drug-likeness (QED) is 0.174. The predicted molar refractivity (Wildman–Crippen MR) is 195 cm³/mol. The van der Waals surface area contributed by atoms with Gasteiger partial charge in [-0.2, -0.15) is 0 Å². The Bertz CT molecular complexity index is 2530. The van der Waals surface area contributed by atoms with Gasteiger partial charge in [0.25, 0.3) is 0 Å². The zero-order valence-electron chi connectivity index (χ0n) is 26.1. The van der Waals surface area contributed by atoms with Gasteiger partial charge >= 0.3 is 0 Å². The average molecular weight is 619 g/mol. The van der Waals surface area contributed by atoms with Crippen molar-refractivity contribution in [2.45, 2.75) is 12.8 Å². The number of carbonyl (C=O) groups excluding carboxylic acids is 2. The lowest BCUT2D eigenvalue weighted by molar-refractivity contribution is 0.100. The van der Waals surface area contributed by atoms with E-state index in [9.17, 15) is 9.59 Å². The highest BCUT2D eigenvalue weighted by atomic mass is 16.1. The molecule has 228 valence electrons. The number of benzene rings is 6. The summed E-state index contributed by atoms with van der Waals surface area (Å²) in [5, 5.41) is 3.61. The SMILES string of the molecule is O=C(c1ccc(-n2c3c(c4ccccc42)C=CCC3)cc1)c1ccccc1C(=O)c1ccc(-n2c3ccccc3c3ccccc32)cc1. The van der Waals surface area contributed by atoms with Crippen LogP contribution < -0.4 is 0 Å². The summed E-state index contributed by atoms with van der Waals surface area (Å²) in [6, 6.07) is 47.8. The molecule has 48 heavy (non-hydrogen) atoms. The molecule has 9 rings (SSSR count). The van der Waals surface area contributed by atoms with Gasteiger partial charge in [0, 0.05) is 61.0 Å². The number of para-hydroxylation sites is 3. The minimum atomic E-state index is -0.178. The Morgan fingerprint density at radius 3 is 1.44 bits per heavy atom. The van der Waals surface area contributed by atoms with Gasteiger partial charge in [0.15, 0.2) is 11.6 Å². The van der Waals surface area contributed by atoms with Crippen LogP contribution in [-0.4, -0.2) is 20.7 Å². The van der Waals surface area contributed by atoms with E-state index in [0.717, 1.165) is 40.8 Å². The summed E-state index contributed by atoms with van der Waals surface area (Å²) in [6.45, 7) is 0. The molecule has 0 unspecified atom stereocenters. The lowest BCUT2D eigenvalue weighted by Gasteiger charge is -2.14. The van der Waals surface area contributed by atoms with Crippen molar-refractivity contribution in [2.24, 2.45) is 0 Å². The van der Waals surface area contributed by atoms with Crippen molar-refractivity contribution in [2.75, 3.05) is 0 Å². The molecular weight excluding hydrogens is 588 g/mol. The highest BCUT2D eigenvalue weighted by Gasteiger charge is 2.22. The van der Waals surface area contributed by atoms with Crippen LogP contribution in [0.4, 0.5) is 0 Å². The monoisotopic (exact) mass is 618 g/mol. The number of allylic oxidation sites excluding steroid dienone is 1. The number of ketones is 2. The van der Waals surface area contributed by atoms with Gasteiger partial charge in [-0.15, -0.1) is 0 Å². The molecule has 1 aliphatic rings. The van der Waals surface area contributed by atoms with Crippen LogP contribution >= 0.6 is 0 Å². The predicted octanol–water partition coefficient (Wildman–Crippen LogP) is 10.1. The molecule has 0 radical (unpaired) electrons. The van der Waals surface area contributed by atoms with Crippen molar-refractivity contribution < 1.29 is 9.59 Å². The molecule has 0 saturated carbocycles. The van der Waals surface area contributed by atoms with Crippen molar-refractivity contribution in [3.8, 4) is 11.4 Å². The van der Waals surface area contributed by atoms with Crippen molar-refractivity contribution in [1.29, 1.82) is 0 Å². The number of nitrogens with zero attached hydrogens (tertiary/aromatic N) is 2. The third-order valence-electron chi connectivity index (χ3n) is 9.62. The molecule has 0 bridgehead atoms. The third-order valence-corrected chi connectivity index (χ3v) is 9.62. The standard InChI is InChI=1S/C44H30N2O2/c47-43(29-21-25-31(26-22-29)45-39-17-7-3-11-33(39)34-12-4-8-18-40(34)45)37-15-1-2-16-38(37)44(48)30-23-27-32(28-24-30)46-41-19-9-5-13-35(41)36-14-6-10-20-42(36)46/h1-9,11-19,21-28H,10,20H2. The highest BCUT2D eigenvalue weighted by molar-refractivity contribution is 6.19. The molecule has 0 amide bonds. The molecule has 0 saturated heterocycles. The van der Waals surface area contributed by atoms with Gasteiger partial charge in [-0.05, 0) is 79.6 Å². The molecule has 0 atom stereocenters. The smallest absolute Gasteiger partial charge is 0.193 e. The zero-order valence-corrected chi connectivity index (χ0v) is 26.1. The first kappa shape index (κ1) is 28.0. The molecule has 0 fully saturated rings. The molecule has 2 heterocycles. The second-order valence-electron chi connectivity index (χ2n) is 12.3. The van der Waals surface area contributed by atoms with E-state index in [0.29, 0.717) is 22.3 Å². The average Bonchev–Trinajstić information content (AvgIpc) is 3.68. The van der Waals surface area contributed by atoms with E-state index >= 15 is 0 Å². The van der Waals surface area contributed by atoms with Gasteiger partial charge in [0.05, 0.1) is 16.6 Å². The fraction of sp³-hybridized carbons (Fsp3) is 0.0455. The van der Waals surface area contributed by atoms with Crippen LogP contribution in [0.15, 0.2) is 152 Å². The van der Waals surface area contributed by atoms with Crippen LogP contribution in [-0.2, 0) is 6.42 Å². The first-order valence-corrected chi connectivity index (χ1v) is 16.3. The topological polar surface area (TPSA) is 44.0 Å². The first-order valence-electron chi connectivity index (χ1n) is 16.3. The van der Waals surface area contributed by atoms with Crippen LogP contribution in [0.1, 0.15) is 49.5 Å². The Balaban J connectivity index is 1.03. The highest BCUT2D eigenvalue weighted by Crippen LogP contribution is 2.35. The lowest BCUT2D eigenvalue weighted by atomic mass is 9.93. The summed E-state index contributed by atoms with van der Waals surface area (Å²) < 4.78 is 4.53. The maximum Gasteiger partial charge on any atom is 0.193 e. The molecule has 2 aromatic heterocycles. The molecule has 4 nitrogen and oxygen atoms in total. The van der Waals surface area contributed by atoms with E-state index < -0.39 is 0 Å². The van der Waals surface area contributed by atoms with E-state index in [-0.39, 0.29) is 11.6 Å². The molecule has 8 aromatic rings. The van der Waals surface area contributed by atoms with Gasteiger partial charge in [-0.3, -0.25) is 9.59 Å². The molecule has 0 aliphatic heterocycles. The van der Waals surface area contributed by atoms with E-state index in [1.165, 1.54) is 27.4 Å². The van der Waals surface area contributed by atoms with Crippen LogP contribution in [0.3, 0.4) is 0 Å². The summed E-state index contributed by atoms with van der Waals surface area (Å²) >= 11 is 0. The van der Waals surface area contributed by atoms with Gasteiger partial charge < -0.3 is 9.13 Å². The van der Waals surface area contributed by atoms with Gasteiger partial charge in [0.1, 0.15) is 0 Å². The Morgan fingerprint density at radius 2 is 0.896 bits per heavy atom. The fourth-order valence-electron chi connectivity index (χ4n) is 7.38. The van der Waals surface area contributed by atoms with Crippen molar-refractivity contribution in [1.82, 2.24) is 9.13 Å². The van der Waals surface area contributed by atoms with Crippen molar-refractivity contribution in [3.05, 3.63) is 185 Å². The number of hydrogen-bond acceptors (Lipinski definition) is 2. The van der Waals surface area contributed by atoms with Crippen molar-refractivity contribution in [3.63, 3.8) is 0 Å². The second-order valence-corrected chi connectivity index (χ2v) is 12.3. The largest absolute Gasteiger partial charge is 0.313 e. The van der Waals surface area contributed by atoms with Crippen LogP contribution in [0.5, 0.6) is 0 Å². The molecule has 1 aliphatic carbocycles. The molecule has 6 aromatic carbocycles. The fourth-order valence-corrected chi connectivity index (χ4v) is 7.38. The summed E-state index contributed by atoms with van der Waals surface area (Å²) in [4.78, 5) is 27.9. The number of rotatable bonds is 6. The Kier molecular flexibility index (Phi) is 6.54. The second kappa shape index (κ2) is 11.2. The summed E-state index contributed by atoms with van der Waals surface area (Å²) in [6.07, 6.45) is 6.44. The minimum absolute atomic E-state index is 0.172. The van der Waals surface area contributed by atoms with Crippen LogP contribution in [0.25, 0.3) is 50.2 Å². The van der Waals surface area contributed by atoms with E-state index in [1.807, 2.05) is 72.8 Å². The molecular formula is C44H30N2O2. The number of hydrogen-bond donors (Lipinski definition) is 0. The van der Waals surface area contributed by atoms with E-state index in [4.69, 9.17) is 0 Å². The Hall–Kier alpha value is -6.26. The van der Waals surface area contributed by atoms with Gasteiger partial charge in [0.2, 0.25) is 0 Å².